The van der Waals surface area contributed by atoms with Crippen LogP contribution in [-0.4, -0.2) is 38.7 Å². The minimum Gasteiger partial charge on any atom is -0.356 e. The maximum atomic E-state index is 13.8. The van der Waals surface area contributed by atoms with Crippen LogP contribution >= 0.6 is 0 Å². The van der Waals surface area contributed by atoms with Crippen LogP contribution in [-0.2, 0) is 4.79 Å². The summed E-state index contributed by atoms with van der Waals surface area (Å²) in [6.45, 7) is 5.24. The van der Waals surface area contributed by atoms with Crippen LogP contribution < -0.4 is 10.2 Å². The first-order chi connectivity index (χ1) is 14.0. The number of benzene rings is 1. The standard InChI is InChI=1S/C21H23FN6O/c1-14-10-15(2)28(26-14)20-11-19(23-13-24-20)27-9-5-6-16(12-27)21(29)25-18-8-4-3-7-17(18)22/h3-4,7-8,10-11,13,16H,5-6,9,12H2,1-2H3,(H,25,29)/t16-/m0/s1. The third-order valence-corrected chi connectivity index (χ3v) is 5.11. The fourth-order valence-corrected chi connectivity index (χ4v) is 3.68. The van der Waals surface area contributed by atoms with Crippen molar-refractivity contribution in [3.05, 3.63) is 59.9 Å². The number of nitrogens with one attached hydrogen (secondary N) is 1. The molecule has 1 aliphatic rings. The molecule has 1 saturated heterocycles. The molecule has 0 saturated carbocycles. The smallest absolute Gasteiger partial charge is 0.229 e. The molecule has 29 heavy (non-hydrogen) atoms. The van der Waals surface area contributed by atoms with Crippen molar-refractivity contribution >= 4 is 17.4 Å². The number of hydrogen-bond acceptors (Lipinski definition) is 5. The van der Waals surface area contributed by atoms with Crippen molar-refractivity contribution in [2.24, 2.45) is 5.92 Å². The van der Waals surface area contributed by atoms with Crippen molar-refractivity contribution in [3.8, 4) is 5.82 Å². The molecule has 150 valence electrons. The van der Waals surface area contributed by atoms with E-state index in [4.69, 9.17) is 0 Å². The van der Waals surface area contributed by atoms with Crippen LogP contribution in [0.2, 0.25) is 0 Å². The highest BCUT2D eigenvalue weighted by Crippen LogP contribution is 2.24. The van der Waals surface area contributed by atoms with E-state index in [0.29, 0.717) is 12.4 Å². The number of anilines is 2. The fraction of sp³-hybridized carbons (Fsp3) is 0.333. The molecular weight excluding hydrogens is 371 g/mol. The molecule has 1 fully saturated rings. The van der Waals surface area contributed by atoms with Gasteiger partial charge in [0.2, 0.25) is 5.91 Å². The lowest BCUT2D eigenvalue weighted by atomic mass is 9.97. The normalized spacial score (nSPS) is 16.7. The van der Waals surface area contributed by atoms with Crippen molar-refractivity contribution in [1.82, 2.24) is 19.7 Å². The van der Waals surface area contributed by atoms with Crippen molar-refractivity contribution in [2.45, 2.75) is 26.7 Å². The average Bonchev–Trinajstić information content (AvgIpc) is 3.08. The largest absolute Gasteiger partial charge is 0.356 e. The highest BCUT2D eigenvalue weighted by molar-refractivity contribution is 5.93. The van der Waals surface area contributed by atoms with Crippen molar-refractivity contribution in [3.63, 3.8) is 0 Å². The van der Waals surface area contributed by atoms with Crippen molar-refractivity contribution < 1.29 is 9.18 Å². The molecule has 4 rings (SSSR count). The van der Waals surface area contributed by atoms with Crippen LogP contribution in [0.1, 0.15) is 24.2 Å². The Bertz CT molecular complexity index is 1030. The van der Waals surface area contributed by atoms with Gasteiger partial charge in [0.25, 0.3) is 0 Å². The van der Waals surface area contributed by atoms with Gasteiger partial charge in [-0.1, -0.05) is 12.1 Å². The first-order valence-corrected chi connectivity index (χ1v) is 9.67. The number of piperidine rings is 1. The Morgan fingerprint density at radius 2 is 1.97 bits per heavy atom. The summed E-state index contributed by atoms with van der Waals surface area (Å²) in [7, 11) is 0. The molecule has 0 unspecified atom stereocenters. The van der Waals surface area contributed by atoms with Gasteiger partial charge in [-0.05, 0) is 44.9 Å². The molecule has 8 heteroatoms. The second kappa shape index (κ2) is 7.98. The van der Waals surface area contributed by atoms with Crippen LogP contribution in [0.4, 0.5) is 15.9 Å². The van der Waals surface area contributed by atoms with Gasteiger partial charge in [0.05, 0.1) is 17.3 Å². The second-order valence-electron chi connectivity index (χ2n) is 7.33. The van der Waals surface area contributed by atoms with Crippen LogP contribution in [0.3, 0.4) is 0 Å². The number of halogens is 1. The predicted octanol–water partition coefficient (Wildman–Crippen LogP) is 3.27. The molecule has 1 aromatic carbocycles. The lowest BCUT2D eigenvalue weighted by molar-refractivity contribution is -0.120. The summed E-state index contributed by atoms with van der Waals surface area (Å²) >= 11 is 0. The highest BCUT2D eigenvalue weighted by atomic mass is 19.1. The average molecular weight is 394 g/mol. The number of carbonyl (C=O) groups excluding carboxylic acids is 1. The third-order valence-electron chi connectivity index (χ3n) is 5.11. The van der Waals surface area contributed by atoms with Crippen LogP contribution in [0.15, 0.2) is 42.7 Å². The highest BCUT2D eigenvalue weighted by Gasteiger charge is 2.27. The maximum absolute atomic E-state index is 13.8. The zero-order valence-corrected chi connectivity index (χ0v) is 16.5. The molecule has 0 aliphatic carbocycles. The minimum atomic E-state index is -0.432. The topological polar surface area (TPSA) is 75.9 Å². The Morgan fingerprint density at radius 3 is 2.72 bits per heavy atom. The SMILES string of the molecule is Cc1cc(C)n(-c2cc(N3CCC[C@H](C(=O)Nc4ccccc4F)C3)ncn2)n1. The molecule has 7 nitrogen and oxygen atoms in total. The molecule has 1 N–H and O–H groups in total. The summed E-state index contributed by atoms with van der Waals surface area (Å²) in [5.74, 6) is 0.603. The molecule has 2 aromatic heterocycles. The summed E-state index contributed by atoms with van der Waals surface area (Å²) < 4.78 is 15.6. The van der Waals surface area contributed by atoms with Gasteiger partial charge < -0.3 is 10.2 Å². The molecule has 0 bridgehead atoms. The Balaban J connectivity index is 1.50. The first-order valence-electron chi connectivity index (χ1n) is 9.67. The monoisotopic (exact) mass is 394 g/mol. The lowest BCUT2D eigenvalue weighted by Gasteiger charge is -2.33. The second-order valence-corrected chi connectivity index (χ2v) is 7.33. The van der Waals surface area contributed by atoms with Crippen LogP contribution in [0, 0.1) is 25.6 Å². The molecule has 1 amide bonds. The molecule has 1 aliphatic heterocycles. The van der Waals surface area contributed by atoms with Gasteiger partial charge in [-0.15, -0.1) is 0 Å². The molecule has 1 atom stereocenters. The van der Waals surface area contributed by atoms with Gasteiger partial charge in [0.1, 0.15) is 18.0 Å². The summed E-state index contributed by atoms with van der Waals surface area (Å²) in [6, 6.07) is 10.1. The van der Waals surface area contributed by atoms with E-state index in [1.54, 1.807) is 22.9 Å². The number of rotatable bonds is 4. The van der Waals surface area contributed by atoms with Gasteiger partial charge in [0, 0.05) is 24.8 Å². The van der Waals surface area contributed by atoms with Crippen LogP contribution in [0.25, 0.3) is 5.82 Å². The van der Waals surface area contributed by atoms with Gasteiger partial charge >= 0.3 is 0 Å². The lowest BCUT2D eigenvalue weighted by Crippen LogP contribution is -2.41. The van der Waals surface area contributed by atoms with E-state index in [0.717, 1.165) is 36.6 Å². The van der Waals surface area contributed by atoms with Gasteiger partial charge in [-0.3, -0.25) is 4.79 Å². The summed E-state index contributed by atoms with van der Waals surface area (Å²) in [5.41, 5.74) is 2.13. The zero-order valence-electron chi connectivity index (χ0n) is 16.5. The molecule has 3 aromatic rings. The summed E-state index contributed by atoms with van der Waals surface area (Å²) in [6.07, 6.45) is 3.13. The van der Waals surface area contributed by atoms with E-state index in [-0.39, 0.29) is 17.5 Å². The number of aromatic nitrogens is 4. The number of carbonyl (C=O) groups is 1. The summed E-state index contributed by atoms with van der Waals surface area (Å²) in [5, 5.41) is 7.19. The van der Waals surface area contributed by atoms with Crippen LogP contribution in [0.5, 0.6) is 0 Å². The van der Waals surface area contributed by atoms with E-state index < -0.39 is 5.82 Å². The predicted molar refractivity (Wildman–Crippen MR) is 109 cm³/mol. The Kier molecular flexibility index (Phi) is 5.24. The number of nitrogens with zero attached hydrogens (tertiary/aromatic N) is 5. The number of hydrogen-bond donors (Lipinski definition) is 1. The third kappa shape index (κ3) is 4.11. The van der Waals surface area contributed by atoms with Crippen molar-refractivity contribution in [1.29, 1.82) is 0 Å². The Labute approximate surface area is 168 Å². The molecule has 0 radical (unpaired) electrons. The zero-order chi connectivity index (χ0) is 20.4. The van der Waals surface area contributed by atoms with Crippen molar-refractivity contribution in [2.75, 3.05) is 23.3 Å². The molecule has 0 spiro atoms. The van der Waals surface area contributed by atoms with E-state index in [2.05, 4.69) is 25.3 Å². The van der Waals surface area contributed by atoms with Gasteiger partial charge in [0.15, 0.2) is 5.82 Å². The minimum absolute atomic E-state index is 0.173. The first kappa shape index (κ1) is 19.0. The number of aryl methyl sites for hydroxylation is 2. The Morgan fingerprint density at radius 1 is 1.17 bits per heavy atom. The number of amides is 1. The van der Waals surface area contributed by atoms with E-state index in [1.807, 2.05) is 26.0 Å². The summed E-state index contributed by atoms with van der Waals surface area (Å²) in [4.78, 5) is 23.5. The molecule has 3 heterocycles. The van der Waals surface area contributed by atoms with Gasteiger partial charge in [-0.2, -0.15) is 5.10 Å². The molecular formula is C21H23FN6O. The quantitative estimate of drug-likeness (QED) is 0.735. The number of para-hydroxylation sites is 1. The van der Waals surface area contributed by atoms with E-state index in [1.165, 1.54) is 12.4 Å². The van der Waals surface area contributed by atoms with E-state index >= 15 is 0 Å². The van der Waals surface area contributed by atoms with Gasteiger partial charge in [-0.25, -0.2) is 19.0 Å². The maximum Gasteiger partial charge on any atom is 0.229 e. The van der Waals surface area contributed by atoms with E-state index in [9.17, 15) is 9.18 Å². The fourth-order valence-electron chi connectivity index (χ4n) is 3.68. The Hall–Kier alpha value is -3.29.